The Hall–Kier alpha value is -3.38. The van der Waals surface area contributed by atoms with E-state index in [0.29, 0.717) is 27.6 Å². The van der Waals surface area contributed by atoms with Crippen molar-refractivity contribution in [1.29, 1.82) is 0 Å². The monoisotopic (exact) mass is 529 g/mol. The predicted octanol–water partition coefficient (Wildman–Crippen LogP) is 4.43. The molecule has 0 radical (unpaired) electrons. The van der Waals surface area contributed by atoms with Crippen molar-refractivity contribution in [2.24, 2.45) is 0 Å². The fraction of sp³-hybridized carbons (Fsp3) is 0.348. The molecule has 36 heavy (non-hydrogen) atoms. The van der Waals surface area contributed by atoms with Crippen molar-refractivity contribution < 1.29 is 31.9 Å². The Balaban J connectivity index is 1.90. The van der Waals surface area contributed by atoms with Crippen LogP contribution in [0.25, 0.3) is 17.0 Å². The Morgan fingerprint density at radius 2 is 2.03 bits per heavy atom. The second kappa shape index (κ2) is 11.6. The van der Waals surface area contributed by atoms with Crippen LogP contribution in [0.15, 0.2) is 41.4 Å². The van der Waals surface area contributed by atoms with Gasteiger partial charge in [-0.1, -0.05) is 11.6 Å². The number of ether oxygens (including phenoxy) is 1. The molecule has 194 valence electrons. The van der Waals surface area contributed by atoms with Gasteiger partial charge in [0.25, 0.3) is 0 Å². The summed E-state index contributed by atoms with van der Waals surface area (Å²) in [6, 6.07) is 4.33. The molecule has 0 unspecified atom stereocenters. The molecule has 1 aromatic heterocycles. The fourth-order valence-corrected chi connectivity index (χ4v) is 3.43. The molecule has 0 spiro atoms. The summed E-state index contributed by atoms with van der Waals surface area (Å²) in [7, 11) is 0. The minimum atomic E-state index is -4.45. The maximum absolute atomic E-state index is 14.4. The maximum Gasteiger partial charge on any atom is 0.411 e. The molecule has 1 atom stereocenters. The summed E-state index contributed by atoms with van der Waals surface area (Å²) in [4.78, 5) is 23.8. The third-order valence-corrected chi connectivity index (χ3v) is 5.12. The van der Waals surface area contributed by atoms with Crippen molar-refractivity contribution in [3.8, 4) is 11.3 Å². The summed E-state index contributed by atoms with van der Waals surface area (Å²) in [5.41, 5.74) is 1.79. The summed E-state index contributed by atoms with van der Waals surface area (Å²) in [6.07, 6.45) is -1.08. The zero-order chi connectivity index (χ0) is 26.5. The minimum absolute atomic E-state index is 0.0515. The molecule has 0 aliphatic carbocycles. The summed E-state index contributed by atoms with van der Waals surface area (Å²) >= 11 is 5.91. The molecule has 1 aromatic carbocycles. The number of carbonyl (C=O) groups excluding carboxylic acids is 2. The number of hydrogen-bond acceptors (Lipinski definition) is 4. The number of rotatable bonds is 9. The number of aromatic nitrogens is 2. The highest BCUT2D eigenvalue weighted by Crippen LogP contribution is 2.28. The molecule has 2 heterocycles. The SMILES string of the molecule is C/C(Cl)=C\C=C(/C)n1nc(NC(=O)[C@H]2CNC(=O)N2)cc1-c1cc(F)cc(CCOCC(F)(F)F)c1. The Bertz CT molecular complexity index is 1190. The largest absolute Gasteiger partial charge is 0.411 e. The van der Waals surface area contributed by atoms with E-state index in [1.54, 1.807) is 32.1 Å². The van der Waals surface area contributed by atoms with E-state index >= 15 is 0 Å². The van der Waals surface area contributed by atoms with E-state index in [0.717, 1.165) is 0 Å². The molecule has 1 aliphatic rings. The first-order valence-electron chi connectivity index (χ1n) is 10.8. The topological polar surface area (TPSA) is 97.3 Å². The number of nitrogens with zero attached hydrogens (tertiary/aromatic N) is 2. The Morgan fingerprint density at radius 1 is 1.28 bits per heavy atom. The lowest BCUT2D eigenvalue weighted by molar-refractivity contribution is -0.173. The Kier molecular flexibility index (Phi) is 8.75. The molecule has 3 amide bonds. The first kappa shape index (κ1) is 27.2. The highest BCUT2D eigenvalue weighted by atomic mass is 35.5. The van der Waals surface area contributed by atoms with Crippen molar-refractivity contribution in [2.45, 2.75) is 32.5 Å². The van der Waals surface area contributed by atoms with E-state index in [2.05, 4.69) is 25.8 Å². The summed E-state index contributed by atoms with van der Waals surface area (Å²) in [6.45, 7) is 1.89. The van der Waals surface area contributed by atoms with E-state index in [1.807, 2.05) is 0 Å². The quantitative estimate of drug-likeness (QED) is 0.254. The molecule has 0 bridgehead atoms. The molecule has 13 heteroatoms. The van der Waals surface area contributed by atoms with E-state index in [4.69, 9.17) is 11.6 Å². The number of benzene rings is 1. The molecule has 2 aromatic rings. The first-order valence-corrected chi connectivity index (χ1v) is 11.2. The van der Waals surface area contributed by atoms with Crippen molar-refractivity contribution >= 4 is 35.1 Å². The van der Waals surface area contributed by atoms with Crippen LogP contribution in [0.1, 0.15) is 19.4 Å². The molecule has 1 fully saturated rings. The second-order valence-electron chi connectivity index (χ2n) is 8.05. The van der Waals surface area contributed by atoms with Crippen molar-refractivity contribution in [3.63, 3.8) is 0 Å². The number of amides is 3. The highest BCUT2D eigenvalue weighted by Gasteiger charge is 2.28. The van der Waals surface area contributed by atoms with Crippen molar-refractivity contribution in [1.82, 2.24) is 20.4 Å². The zero-order valence-electron chi connectivity index (χ0n) is 19.4. The minimum Gasteiger partial charge on any atom is -0.372 e. The van der Waals surface area contributed by atoms with E-state index in [-0.39, 0.29) is 25.4 Å². The Labute approximate surface area is 209 Å². The average Bonchev–Trinajstić information content (AvgIpc) is 3.40. The van der Waals surface area contributed by atoms with Crippen LogP contribution < -0.4 is 16.0 Å². The lowest BCUT2D eigenvalue weighted by Crippen LogP contribution is -2.38. The third-order valence-electron chi connectivity index (χ3n) is 4.99. The van der Waals surface area contributed by atoms with Gasteiger partial charge in [-0.3, -0.25) is 4.79 Å². The second-order valence-corrected chi connectivity index (χ2v) is 8.65. The molecule has 3 rings (SSSR count). The average molecular weight is 530 g/mol. The first-order chi connectivity index (χ1) is 16.9. The van der Waals surface area contributed by atoms with Gasteiger partial charge in [-0.2, -0.15) is 13.2 Å². The lowest BCUT2D eigenvalue weighted by atomic mass is 10.1. The van der Waals surface area contributed by atoms with Gasteiger partial charge in [0.15, 0.2) is 5.82 Å². The van der Waals surface area contributed by atoms with Crippen molar-refractivity contribution in [3.05, 3.63) is 52.8 Å². The molecule has 1 aliphatic heterocycles. The van der Waals surface area contributed by atoms with Crippen LogP contribution in [0.2, 0.25) is 0 Å². The van der Waals surface area contributed by atoms with Crippen molar-refractivity contribution in [2.75, 3.05) is 25.1 Å². The summed E-state index contributed by atoms with van der Waals surface area (Å²) in [5, 5.41) is 12.5. The molecule has 3 N–H and O–H groups in total. The van der Waals surface area contributed by atoms with Gasteiger partial charge in [-0.25, -0.2) is 13.9 Å². The number of halogens is 5. The summed E-state index contributed by atoms with van der Waals surface area (Å²) < 4.78 is 57.5. The number of anilines is 1. The van der Waals surface area contributed by atoms with E-state index in [1.165, 1.54) is 22.9 Å². The Morgan fingerprint density at radius 3 is 2.67 bits per heavy atom. The van der Waals surface area contributed by atoms with E-state index < -0.39 is 36.6 Å². The maximum atomic E-state index is 14.4. The summed E-state index contributed by atoms with van der Waals surface area (Å²) in [5.74, 6) is -0.950. The van der Waals surface area contributed by atoms with Crippen LogP contribution in [0.3, 0.4) is 0 Å². The number of urea groups is 1. The van der Waals surface area contributed by atoms with Crippen LogP contribution >= 0.6 is 11.6 Å². The van der Waals surface area contributed by atoms with Crippen LogP contribution in [0, 0.1) is 5.82 Å². The molecular formula is C23H24ClF4N5O3. The smallest absolute Gasteiger partial charge is 0.372 e. The number of carbonyl (C=O) groups is 2. The van der Waals surface area contributed by atoms with Gasteiger partial charge in [0.1, 0.15) is 18.5 Å². The van der Waals surface area contributed by atoms with Crippen LogP contribution in [0.4, 0.5) is 28.2 Å². The predicted molar refractivity (Wildman–Crippen MR) is 127 cm³/mol. The standard InChI is InChI=1S/C23H24ClF4N5O3/c1-13(24)3-4-14(2)33-19(10-20(32-33)31-21(34)18-11-29-22(35)30-18)16-7-15(8-17(25)9-16)5-6-36-12-23(26,27)28/h3-4,7-10,18H,5-6,11-12H2,1-2H3,(H2,29,30,35)(H,31,32,34)/b13-3+,14-4+/t18-/m1/s1. The molecule has 1 saturated heterocycles. The number of hydrogen-bond donors (Lipinski definition) is 3. The van der Waals surface area contributed by atoms with Gasteiger partial charge in [-0.15, -0.1) is 5.10 Å². The molecular weight excluding hydrogens is 506 g/mol. The van der Waals surface area contributed by atoms with Crippen LogP contribution in [0.5, 0.6) is 0 Å². The number of alkyl halides is 3. The zero-order valence-corrected chi connectivity index (χ0v) is 20.1. The van der Waals surface area contributed by atoms with Gasteiger partial charge in [-0.05, 0) is 56.2 Å². The van der Waals surface area contributed by atoms with E-state index in [9.17, 15) is 27.2 Å². The third kappa shape index (κ3) is 7.82. The molecule has 8 nitrogen and oxygen atoms in total. The molecule has 0 saturated carbocycles. The number of allylic oxidation sites excluding steroid dienone is 4. The van der Waals surface area contributed by atoms with Gasteiger partial charge < -0.3 is 20.7 Å². The van der Waals surface area contributed by atoms with Gasteiger partial charge >= 0.3 is 12.2 Å². The normalized spacial score (nSPS) is 16.6. The van der Waals surface area contributed by atoms with Crippen LogP contribution in [-0.2, 0) is 16.0 Å². The van der Waals surface area contributed by atoms with Gasteiger partial charge in [0, 0.05) is 28.9 Å². The van der Waals surface area contributed by atoms with Gasteiger partial charge in [0.2, 0.25) is 5.91 Å². The van der Waals surface area contributed by atoms with Gasteiger partial charge in [0.05, 0.1) is 12.3 Å². The highest BCUT2D eigenvalue weighted by molar-refractivity contribution is 6.29. The lowest BCUT2D eigenvalue weighted by Gasteiger charge is -2.11. The number of nitrogens with one attached hydrogen (secondary N) is 3. The fourth-order valence-electron chi connectivity index (χ4n) is 3.37. The van der Waals surface area contributed by atoms with Crippen LogP contribution in [-0.4, -0.2) is 53.7 Å².